The van der Waals surface area contributed by atoms with Crippen molar-refractivity contribution in [1.29, 1.82) is 5.41 Å². The number of amidine groups is 1. The monoisotopic (exact) mass is 433 g/mol. The highest BCUT2D eigenvalue weighted by Crippen LogP contribution is 2.12. The maximum absolute atomic E-state index is 13.1. The highest BCUT2D eigenvalue weighted by atomic mass is 16.6. The molecule has 6 N–H and O–H groups in total. The minimum Gasteiger partial charge on any atom is -0.444 e. The van der Waals surface area contributed by atoms with Crippen LogP contribution in [0.5, 0.6) is 0 Å². The van der Waals surface area contributed by atoms with Crippen molar-refractivity contribution in [3.63, 3.8) is 0 Å². The van der Waals surface area contributed by atoms with Crippen molar-refractivity contribution in [2.24, 2.45) is 11.7 Å². The van der Waals surface area contributed by atoms with Gasteiger partial charge in [0.25, 0.3) is 0 Å². The number of likely N-dealkylation sites (N-methyl/N-ethyl adjacent to an activating group) is 1. The molecular formula is C22H35N5O4. The predicted molar refractivity (Wildman–Crippen MR) is 120 cm³/mol. The lowest BCUT2D eigenvalue weighted by Crippen LogP contribution is -2.56. The standard InChI is InChI=1S/C22H35N5O4/c1-7-13(2)17(20(29)25-6)27-19(28)16(26-21(30)31-22(3,4)5)12-14-9-8-10-15(11-14)18(23)24/h8-11,13,16-17H,7,12H2,1-6H3,(H3,23,24)(H,25,29)(H,26,30)(H,27,28)/t13-,16-,17-/m0/s1. The summed E-state index contributed by atoms with van der Waals surface area (Å²) in [5.74, 6) is -1.02. The number of nitrogens with one attached hydrogen (secondary N) is 4. The Morgan fingerprint density at radius 3 is 2.32 bits per heavy atom. The molecule has 1 rings (SSSR count). The second-order valence-corrected chi connectivity index (χ2v) is 8.50. The highest BCUT2D eigenvalue weighted by molar-refractivity contribution is 5.95. The topological polar surface area (TPSA) is 146 Å². The van der Waals surface area contributed by atoms with E-state index in [1.807, 2.05) is 13.8 Å². The lowest BCUT2D eigenvalue weighted by atomic mass is 9.97. The van der Waals surface area contributed by atoms with Crippen LogP contribution in [0.1, 0.15) is 52.2 Å². The van der Waals surface area contributed by atoms with Gasteiger partial charge in [-0.1, -0.05) is 38.5 Å². The number of ether oxygens (including phenoxy) is 1. The summed E-state index contributed by atoms with van der Waals surface area (Å²) in [6.07, 6.45) is 0.0755. The first-order chi connectivity index (χ1) is 14.4. The SMILES string of the molecule is CC[C@H](C)[C@H](NC(=O)[C@H](Cc1cccc(C(=N)N)c1)NC(=O)OC(C)(C)C)C(=O)NC. The number of nitrogen functional groups attached to an aromatic ring is 1. The summed E-state index contributed by atoms with van der Waals surface area (Å²) >= 11 is 0. The molecular weight excluding hydrogens is 398 g/mol. The number of alkyl carbamates (subject to hydrolysis) is 1. The summed E-state index contributed by atoms with van der Waals surface area (Å²) in [4.78, 5) is 37.7. The Morgan fingerprint density at radius 2 is 1.81 bits per heavy atom. The Bertz CT molecular complexity index is 803. The van der Waals surface area contributed by atoms with Crippen LogP contribution in [0, 0.1) is 11.3 Å². The number of amides is 3. The molecule has 0 spiro atoms. The molecule has 0 bridgehead atoms. The zero-order valence-corrected chi connectivity index (χ0v) is 19.2. The van der Waals surface area contributed by atoms with E-state index in [0.29, 0.717) is 17.5 Å². The largest absolute Gasteiger partial charge is 0.444 e. The van der Waals surface area contributed by atoms with Gasteiger partial charge in [-0.3, -0.25) is 15.0 Å². The van der Waals surface area contributed by atoms with Gasteiger partial charge in [0.05, 0.1) is 0 Å². The van der Waals surface area contributed by atoms with Crippen molar-refractivity contribution in [2.75, 3.05) is 7.05 Å². The first-order valence-corrected chi connectivity index (χ1v) is 10.3. The molecule has 0 aliphatic heterocycles. The van der Waals surface area contributed by atoms with E-state index < -0.39 is 29.7 Å². The van der Waals surface area contributed by atoms with Crippen molar-refractivity contribution in [3.8, 4) is 0 Å². The van der Waals surface area contributed by atoms with Gasteiger partial charge in [0.15, 0.2) is 0 Å². The van der Waals surface area contributed by atoms with E-state index >= 15 is 0 Å². The van der Waals surface area contributed by atoms with Gasteiger partial charge in [0, 0.05) is 19.0 Å². The second-order valence-electron chi connectivity index (χ2n) is 8.50. The maximum Gasteiger partial charge on any atom is 0.408 e. The first kappa shape index (κ1) is 25.9. The van der Waals surface area contributed by atoms with Crippen LogP contribution in [0.15, 0.2) is 24.3 Å². The number of benzene rings is 1. The summed E-state index contributed by atoms with van der Waals surface area (Å²) < 4.78 is 5.30. The number of hydrogen-bond acceptors (Lipinski definition) is 5. The maximum atomic E-state index is 13.1. The Hall–Kier alpha value is -3.10. The van der Waals surface area contributed by atoms with E-state index in [0.717, 1.165) is 0 Å². The second kappa shape index (κ2) is 11.3. The normalized spacial score (nSPS) is 14.0. The number of carbonyl (C=O) groups excluding carboxylic acids is 3. The van der Waals surface area contributed by atoms with E-state index in [2.05, 4.69) is 16.0 Å². The zero-order chi connectivity index (χ0) is 23.8. The van der Waals surface area contributed by atoms with E-state index in [1.54, 1.807) is 45.0 Å². The van der Waals surface area contributed by atoms with Crippen molar-refractivity contribution < 1.29 is 19.1 Å². The quantitative estimate of drug-likeness (QED) is 0.297. The molecule has 3 atom stereocenters. The molecule has 9 heteroatoms. The Kier molecular flexibility index (Phi) is 9.48. The molecule has 3 amide bonds. The smallest absolute Gasteiger partial charge is 0.408 e. The van der Waals surface area contributed by atoms with Gasteiger partial charge in [0.1, 0.15) is 23.5 Å². The predicted octanol–water partition coefficient (Wildman–Crippen LogP) is 1.68. The summed E-state index contributed by atoms with van der Waals surface area (Å²) in [5.41, 5.74) is 6.03. The minimum atomic E-state index is -0.992. The van der Waals surface area contributed by atoms with Crippen molar-refractivity contribution in [3.05, 3.63) is 35.4 Å². The van der Waals surface area contributed by atoms with Crippen LogP contribution < -0.4 is 21.7 Å². The molecule has 0 aliphatic rings. The van der Waals surface area contributed by atoms with Gasteiger partial charge >= 0.3 is 6.09 Å². The number of carbonyl (C=O) groups is 3. The van der Waals surface area contributed by atoms with Crippen LogP contribution in [0.25, 0.3) is 0 Å². The molecule has 9 nitrogen and oxygen atoms in total. The fourth-order valence-corrected chi connectivity index (χ4v) is 2.87. The van der Waals surface area contributed by atoms with E-state index in [9.17, 15) is 14.4 Å². The summed E-state index contributed by atoms with van der Waals surface area (Å²) in [5, 5.41) is 15.5. The third kappa shape index (κ3) is 8.65. The van der Waals surface area contributed by atoms with E-state index in [1.165, 1.54) is 7.05 Å². The number of nitrogens with two attached hydrogens (primary N) is 1. The third-order valence-electron chi connectivity index (χ3n) is 4.72. The molecule has 0 radical (unpaired) electrons. The van der Waals surface area contributed by atoms with E-state index in [-0.39, 0.29) is 24.1 Å². The fourth-order valence-electron chi connectivity index (χ4n) is 2.87. The summed E-state index contributed by atoms with van der Waals surface area (Å²) in [6.45, 7) is 8.97. The lowest BCUT2D eigenvalue weighted by molar-refractivity contribution is -0.131. The Balaban J connectivity index is 3.14. The molecule has 1 aromatic rings. The van der Waals surface area contributed by atoms with Crippen LogP contribution in [0.3, 0.4) is 0 Å². The van der Waals surface area contributed by atoms with Gasteiger partial charge in [-0.05, 0) is 38.3 Å². The minimum absolute atomic E-state index is 0.0978. The molecule has 0 saturated carbocycles. The van der Waals surface area contributed by atoms with Crippen LogP contribution in [-0.2, 0) is 20.7 Å². The van der Waals surface area contributed by atoms with Crippen molar-refractivity contribution in [2.45, 2.75) is 65.1 Å². The van der Waals surface area contributed by atoms with E-state index in [4.69, 9.17) is 15.9 Å². The molecule has 1 aromatic carbocycles. The van der Waals surface area contributed by atoms with Crippen LogP contribution >= 0.6 is 0 Å². The van der Waals surface area contributed by atoms with Gasteiger partial charge < -0.3 is 26.4 Å². The average Bonchev–Trinajstić information content (AvgIpc) is 2.68. The van der Waals surface area contributed by atoms with Gasteiger partial charge in [-0.15, -0.1) is 0 Å². The average molecular weight is 434 g/mol. The molecule has 0 heterocycles. The molecule has 0 aromatic heterocycles. The first-order valence-electron chi connectivity index (χ1n) is 10.3. The Morgan fingerprint density at radius 1 is 1.16 bits per heavy atom. The Labute approximate surface area is 184 Å². The van der Waals surface area contributed by atoms with Crippen molar-refractivity contribution >= 4 is 23.7 Å². The van der Waals surface area contributed by atoms with Gasteiger partial charge in [-0.2, -0.15) is 0 Å². The molecule has 31 heavy (non-hydrogen) atoms. The van der Waals surface area contributed by atoms with Crippen LogP contribution in [0.2, 0.25) is 0 Å². The highest BCUT2D eigenvalue weighted by Gasteiger charge is 2.30. The molecule has 0 saturated heterocycles. The molecule has 0 aliphatic carbocycles. The molecule has 0 fully saturated rings. The number of rotatable bonds is 9. The number of hydrogen-bond donors (Lipinski definition) is 5. The zero-order valence-electron chi connectivity index (χ0n) is 19.2. The lowest BCUT2D eigenvalue weighted by Gasteiger charge is -2.27. The van der Waals surface area contributed by atoms with Gasteiger partial charge in [-0.25, -0.2) is 4.79 Å². The summed E-state index contributed by atoms with van der Waals surface area (Å²) in [6, 6.07) is 5.13. The van der Waals surface area contributed by atoms with Gasteiger partial charge in [0.2, 0.25) is 11.8 Å². The molecule has 0 unspecified atom stereocenters. The van der Waals surface area contributed by atoms with Crippen LogP contribution in [-0.4, -0.2) is 48.5 Å². The third-order valence-corrected chi connectivity index (χ3v) is 4.72. The summed E-state index contributed by atoms with van der Waals surface area (Å²) in [7, 11) is 1.51. The van der Waals surface area contributed by atoms with Crippen LogP contribution in [0.4, 0.5) is 4.79 Å². The fraction of sp³-hybridized carbons (Fsp3) is 0.545. The van der Waals surface area contributed by atoms with Crippen molar-refractivity contribution in [1.82, 2.24) is 16.0 Å². The molecule has 172 valence electrons.